The van der Waals surface area contributed by atoms with Crippen molar-refractivity contribution in [2.45, 2.75) is 13.0 Å². The van der Waals surface area contributed by atoms with E-state index in [0.717, 1.165) is 26.4 Å². The predicted octanol–water partition coefficient (Wildman–Crippen LogP) is 1.08. The molecule has 5 heterocycles. The van der Waals surface area contributed by atoms with E-state index >= 15 is 0 Å². The highest BCUT2D eigenvalue weighted by molar-refractivity contribution is 7.19. The molecule has 0 bridgehead atoms. The third-order valence-corrected chi connectivity index (χ3v) is 5.56. The number of nitrogens with one attached hydrogen (secondary N) is 1. The normalized spacial score (nSPS) is 11.6. The molecule has 5 aromatic heterocycles. The van der Waals surface area contributed by atoms with Crippen LogP contribution in [-0.4, -0.2) is 39.5 Å². The fraction of sp³-hybridized carbons (Fsp3) is 0.176. The minimum Gasteiger partial charge on any atom is -0.384 e. The molecule has 0 aliphatic rings. The van der Waals surface area contributed by atoms with E-state index in [0.29, 0.717) is 23.6 Å². The Morgan fingerprint density at radius 3 is 2.96 bits per heavy atom. The van der Waals surface area contributed by atoms with Crippen LogP contribution in [0.3, 0.4) is 0 Å². The van der Waals surface area contributed by atoms with Crippen molar-refractivity contribution in [1.82, 2.24) is 39.5 Å². The summed E-state index contributed by atoms with van der Waals surface area (Å²) >= 11 is 1.55. The first-order valence-corrected chi connectivity index (χ1v) is 9.32. The van der Waals surface area contributed by atoms with Crippen LogP contribution < -0.4 is 11.3 Å². The molecular weight excluding hydrogens is 378 g/mol. The molecule has 0 aromatic carbocycles. The van der Waals surface area contributed by atoms with Gasteiger partial charge in [-0.1, -0.05) is 0 Å². The molecule has 28 heavy (non-hydrogen) atoms. The van der Waals surface area contributed by atoms with Crippen molar-refractivity contribution >= 4 is 38.4 Å². The van der Waals surface area contributed by atoms with Gasteiger partial charge in [-0.25, -0.2) is 19.6 Å². The molecular formula is C17H15N9OS. The second-order valence-electron chi connectivity index (χ2n) is 6.33. The molecule has 0 fully saturated rings. The number of hydrogen-bond donors (Lipinski definition) is 2. The number of rotatable bonds is 4. The molecule has 140 valence electrons. The Bertz CT molecular complexity index is 1360. The maximum absolute atomic E-state index is 13.0. The molecule has 5 aromatic rings. The molecule has 11 heteroatoms. The van der Waals surface area contributed by atoms with E-state index in [-0.39, 0.29) is 12.1 Å². The SMILES string of the molecule is Cn1c2nc(Cc3cc[nH]n3)sc2c2cnn(Cc3nccc(N)n3)c(=O)c21. The molecule has 3 N–H and O–H groups in total. The molecule has 0 spiro atoms. The van der Waals surface area contributed by atoms with Gasteiger partial charge in [0.15, 0.2) is 11.5 Å². The third-order valence-electron chi connectivity index (χ3n) is 4.48. The molecule has 0 saturated carbocycles. The van der Waals surface area contributed by atoms with E-state index in [1.54, 1.807) is 36.0 Å². The van der Waals surface area contributed by atoms with Crippen LogP contribution in [0.1, 0.15) is 16.5 Å². The summed E-state index contributed by atoms with van der Waals surface area (Å²) in [5.74, 6) is 0.788. The minimum atomic E-state index is -0.218. The number of aryl methyl sites for hydroxylation is 1. The quantitative estimate of drug-likeness (QED) is 0.467. The molecule has 0 aliphatic carbocycles. The fourth-order valence-corrected chi connectivity index (χ4v) is 4.31. The van der Waals surface area contributed by atoms with Crippen LogP contribution in [0.15, 0.2) is 35.5 Å². The van der Waals surface area contributed by atoms with Gasteiger partial charge in [0.25, 0.3) is 5.56 Å². The molecule has 0 unspecified atom stereocenters. The zero-order chi connectivity index (χ0) is 19.3. The average Bonchev–Trinajstić information content (AvgIpc) is 3.37. The van der Waals surface area contributed by atoms with Gasteiger partial charge in [0.05, 0.1) is 16.6 Å². The van der Waals surface area contributed by atoms with Crippen LogP contribution in [-0.2, 0) is 20.0 Å². The van der Waals surface area contributed by atoms with E-state index in [1.165, 1.54) is 4.68 Å². The largest absolute Gasteiger partial charge is 0.384 e. The number of anilines is 1. The van der Waals surface area contributed by atoms with Gasteiger partial charge in [-0.05, 0) is 12.1 Å². The number of nitrogens with zero attached hydrogens (tertiary/aromatic N) is 7. The fourth-order valence-electron chi connectivity index (χ4n) is 3.19. The number of hydrogen-bond acceptors (Lipinski definition) is 8. The van der Waals surface area contributed by atoms with Crippen molar-refractivity contribution in [2.24, 2.45) is 7.05 Å². The summed E-state index contributed by atoms with van der Waals surface area (Å²) in [5.41, 5.74) is 7.71. The monoisotopic (exact) mass is 393 g/mol. The number of nitrogen functional groups attached to an aromatic ring is 1. The Kier molecular flexibility index (Phi) is 3.69. The lowest BCUT2D eigenvalue weighted by Crippen LogP contribution is -2.25. The standard InChI is InChI=1S/C17H15N9OS/c1-25-14-10(15-16(25)23-13(28-15)6-9-2-5-20-24-9)7-21-26(17(14)27)8-12-19-4-3-11(18)22-12/h2-5,7H,6,8H2,1H3,(H,20,24)(H2,18,19,22). The highest BCUT2D eigenvalue weighted by Crippen LogP contribution is 2.31. The lowest BCUT2D eigenvalue weighted by atomic mass is 10.3. The van der Waals surface area contributed by atoms with E-state index in [1.807, 2.05) is 17.7 Å². The van der Waals surface area contributed by atoms with Gasteiger partial charge >= 0.3 is 0 Å². The molecule has 0 amide bonds. The Balaban J connectivity index is 1.59. The molecule has 0 saturated heterocycles. The number of nitrogens with two attached hydrogens (primary N) is 1. The van der Waals surface area contributed by atoms with Gasteiger partial charge in [-0.2, -0.15) is 10.2 Å². The number of fused-ring (bicyclic) bond motifs is 3. The molecule has 5 rings (SSSR count). The van der Waals surface area contributed by atoms with Crippen molar-refractivity contribution in [3.63, 3.8) is 0 Å². The van der Waals surface area contributed by atoms with E-state index < -0.39 is 0 Å². The van der Waals surface area contributed by atoms with Gasteiger partial charge in [0.1, 0.15) is 22.9 Å². The van der Waals surface area contributed by atoms with Crippen LogP contribution in [0.25, 0.3) is 21.3 Å². The van der Waals surface area contributed by atoms with Gasteiger partial charge in [-0.3, -0.25) is 9.89 Å². The Labute approximate surface area is 161 Å². The van der Waals surface area contributed by atoms with E-state index in [9.17, 15) is 4.79 Å². The minimum absolute atomic E-state index is 0.149. The number of thiazole rings is 1. The highest BCUT2D eigenvalue weighted by atomic mass is 32.1. The first-order valence-electron chi connectivity index (χ1n) is 8.50. The number of H-pyrrole nitrogens is 1. The van der Waals surface area contributed by atoms with E-state index in [2.05, 4.69) is 25.3 Å². The zero-order valence-electron chi connectivity index (χ0n) is 14.8. The Hall–Kier alpha value is -3.60. The van der Waals surface area contributed by atoms with Crippen molar-refractivity contribution < 1.29 is 0 Å². The topological polar surface area (TPSA) is 133 Å². The molecule has 0 aliphatic heterocycles. The third kappa shape index (κ3) is 2.63. The summed E-state index contributed by atoms with van der Waals surface area (Å²) < 4.78 is 4.10. The van der Waals surface area contributed by atoms with Crippen LogP contribution >= 0.6 is 11.3 Å². The smallest absolute Gasteiger partial charge is 0.291 e. The Morgan fingerprint density at radius 1 is 1.29 bits per heavy atom. The lowest BCUT2D eigenvalue weighted by Gasteiger charge is -2.05. The summed E-state index contributed by atoms with van der Waals surface area (Å²) in [7, 11) is 1.84. The highest BCUT2D eigenvalue weighted by Gasteiger charge is 2.19. The Morgan fingerprint density at radius 2 is 2.18 bits per heavy atom. The van der Waals surface area contributed by atoms with Gasteiger partial charge in [0, 0.05) is 31.2 Å². The number of aromatic nitrogens is 8. The number of aromatic amines is 1. The molecule has 0 radical (unpaired) electrons. The summed E-state index contributed by atoms with van der Waals surface area (Å²) in [5, 5.41) is 13.0. The molecule has 0 atom stereocenters. The summed E-state index contributed by atoms with van der Waals surface area (Å²) in [6.07, 6.45) is 5.68. The summed E-state index contributed by atoms with van der Waals surface area (Å²) in [4.78, 5) is 26.0. The van der Waals surface area contributed by atoms with Crippen molar-refractivity contribution in [1.29, 1.82) is 0 Å². The molecule has 10 nitrogen and oxygen atoms in total. The first-order chi connectivity index (χ1) is 13.6. The van der Waals surface area contributed by atoms with Crippen molar-refractivity contribution in [3.8, 4) is 0 Å². The maximum Gasteiger partial charge on any atom is 0.291 e. The van der Waals surface area contributed by atoms with Gasteiger partial charge in [-0.15, -0.1) is 11.3 Å². The maximum atomic E-state index is 13.0. The average molecular weight is 393 g/mol. The first kappa shape index (κ1) is 16.6. The second-order valence-corrected chi connectivity index (χ2v) is 7.41. The van der Waals surface area contributed by atoms with Crippen molar-refractivity contribution in [2.75, 3.05) is 5.73 Å². The lowest BCUT2D eigenvalue weighted by molar-refractivity contribution is 0.619. The van der Waals surface area contributed by atoms with Gasteiger partial charge in [0.2, 0.25) is 0 Å². The van der Waals surface area contributed by atoms with Crippen molar-refractivity contribution in [3.05, 3.63) is 57.6 Å². The predicted molar refractivity (Wildman–Crippen MR) is 105 cm³/mol. The van der Waals surface area contributed by atoms with Crippen LogP contribution in [0.5, 0.6) is 0 Å². The van der Waals surface area contributed by atoms with Crippen LogP contribution in [0.2, 0.25) is 0 Å². The van der Waals surface area contributed by atoms with Gasteiger partial charge < -0.3 is 10.3 Å². The van der Waals surface area contributed by atoms with E-state index in [4.69, 9.17) is 10.7 Å². The summed E-state index contributed by atoms with van der Waals surface area (Å²) in [6, 6.07) is 3.52. The zero-order valence-corrected chi connectivity index (χ0v) is 15.6. The summed E-state index contributed by atoms with van der Waals surface area (Å²) in [6.45, 7) is 0.149. The second kappa shape index (κ2) is 6.23. The van der Waals surface area contributed by atoms with Crippen LogP contribution in [0.4, 0.5) is 5.82 Å². The van der Waals surface area contributed by atoms with Crippen LogP contribution in [0, 0.1) is 0 Å².